The molecule has 0 radical (unpaired) electrons. The number of benzene rings is 1. The van der Waals surface area contributed by atoms with Gasteiger partial charge in [0, 0.05) is 13.2 Å². The zero-order chi connectivity index (χ0) is 15.0. The summed E-state index contributed by atoms with van der Waals surface area (Å²) in [4.78, 5) is 0.00305. The Hall–Kier alpha value is -2.51. The summed E-state index contributed by atoms with van der Waals surface area (Å²) in [7, 11) is -2.30. The van der Waals surface area contributed by atoms with Crippen molar-refractivity contribution in [2.24, 2.45) is 15.8 Å². The fraction of sp³-hybridized carbons (Fsp3) is 0.0909. The predicted octanol–water partition coefficient (Wildman–Crippen LogP) is 1.82. The molecule has 8 nitrogen and oxygen atoms in total. The summed E-state index contributed by atoms with van der Waals surface area (Å²) >= 11 is 0.937. The monoisotopic (exact) mass is 320 g/mol. The molecule has 0 bridgehead atoms. The molecule has 0 unspecified atom stereocenters. The summed E-state index contributed by atoms with van der Waals surface area (Å²) in [6.45, 7) is 0. The molecule has 0 amide bonds. The summed E-state index contributed by atoms with van der Waals surface area (Å²) < 4.78 is 36.6. The normalized spacial score (nSPS) is 12.6. The van der Waals surface area contributed by atoms with Crippen molar-refractivity contribution in [2.75, 3.05) is 4.72 Å². The van der Waals surface area contributed by atoms with Crippen LogP contribution in [-0.4, -0.2) is 18.2 Å². The largest absolute Gasteiger partial charge is 0.272 e. The quantitative estimate of drug-likeness (QED) is 0.793. The summed E-state index contributed by atoms with van der Waals surface area (Å²) in [5.41, 5.74) is 0.943. The standard InChI is InChI=1S/C11H8N6O2S2/c1-17-6-7(5-12)11(13-17)16-21(18,19)9-4-2-3-8-10(9)15-20-14-8/h2-4,6H,1H3,(H,13,16). The van der Waals surface area contributed by atoms with E-state index in [-0.39, 0.29) is 16.3 Å². The maximum absolute atomic E-state index is 12.5. The number of fused-ring (bicyclic) bond motifs is 1. The van der Waals surface area contributed by atoms with E-state index in [0.717, 1.165) is 11.4 Å². The lowest BCUT2D eigenvalue weighted by atomic mass is 10.3. The third-order valence-electron chi connectivity index (χ3n) is 2.72. The molecular formula is C11H8N6O2S2. The van der Waals surface area contributed by atoms with Crippen LogP contribution in [0, 0.1) is 11.3 Å². The molecule has 0 spiro atoms. The lowest BCUT2D eigenvalue weighted by molar-refractivity contribution is 0.601. The van der Waals surface area contributed by atoms with E-state index in [1.165, 1.54) is 16.9 Å². The average molecular weight is 320 g/mol. The summed E-state index contributed by atoms with van der Waals surface area (Å²) in [5, 5.41) is 12.9. The van der Waals surface area contributed by atoms with Crippen LogP contribution in [0.2, 0.25) is 0 Å². The van der Waals surface area contributed by atoms with Crippen molar-refractivity contribution < 1.29 is 8.42 Å². The van der Waals surface area contributed by atoms with Crippen molar-refractivity contribution in [1.29, 1.82) is 5.26 Å². The van der Waals surface area contributed by atoms with Crippen LogP contribution >= 0.6 is 0 Å². The van der Waals surface area contributed by atoms with Crippen LogP contribution in [0.25, 0.3) is 0 Å². The lowest BCUT2D eigenvalue weighted by Gasteiger charge is -2.07. The maximum atomic E-state index is 12.5. The molecule has 3 rings (SSSR count). The molecule has 1 aliphatic heterocycles. The van der Waals surface area contributed by atoms with Gasteiger partial charge in [-0.3, -0.25) is 9.40 Å². The van der Waals surface area contributed by atoms with Crippen molar-refractivity contribution in [3.05, 3.63) is 30.0 Å². The fourth-order valence-corrected chi connectivity index (χ4v) is 3.61. The van der Waals surface area contributed by atoms with Gasteiger partial charge in [-0.15, -0.1) is 0 Å². The minimum atomic E-state index is -3.90. The van der Waals surface area contributed by atoms with Gasteiger partial charge in [0.2, 0.25) is 0 Å². The van der Waals surface area contributed by atoms with Crippen LogP contribution in [0.3, 0.4) is 0 Å². The van der Waals surface area contributed by atoms with Gasteiger partial charge in [0.05, 0.1) is 11.4 Å². The van der Waals surface area contributed by atoms with Gasteiger partial charge in [-0.25, -0.2) is 8.42 Å². The smallest absolute Gasteiger partial charge is 0.265 e. The van der Waals surface area contributed by atoms with E-state index in [4.69, 9.17) is 5.26 Å². The molecule has 1 aliphatic rings. The molecule has 2 heterocycles. The van der Waals surface area contributed by atoms with E-state index in [1.54, 1.807) is 19.2 Å². The van der Waals surface area contributed by atoms with E-state index >= 15 is 0 Å². The number of nitrogens with one attached hydrogen (secondary N) is 1. The van der Waals surface area contributed by atoms with E-state index < -0.39 is 10.0 Å². The minimum Gasteiger partial charge on any atom is -0.272 e. The van der Waals surface area contributed by atoms with Gasteiger partial charge in [-0.2, -0.15) is 19.1 Å². The highest BCUT2D eigenvalue weighted by molar-refractivity contribution is 7.93. The fourth-order valence-electron chi connectivity index (χ4n) is 1.83. The molecule has 1 aromatic heterocycles. The van der Waals surface area contributed by atoms with Crippen molar-refractivity contribution in [3.8, 4) is 6.07 Å². The van der Waals surface area contributed by atoms with Crippen LogP contribution in [-0.2, 0) is 28.4 Å². The Kier molecular flexibility index (Phi) is 3.08. The third kappa shape index (κ3) is 2.32. The van der Waals surface area contributed by atoms with Crippen LogP contribution in [0.5, 0.6) is 0 Å². The molecule has 1 N–H and O–H groups in total. The van der Waals surface area contributed by atoms with Crippen molar-refractivity contribution in [2.45, 2.75) is 4.90 Å². The number of hydrogen-bond acceptors (Lipinski definition) is 6. The van der Waals surface area contributed by atoms with Crippen LogP contribution in [0.4, 0.5) is 17.2 Å². The van der Waals surface area contributed by atoms with Crippen LogP contribution < -0.4 is 4.72 Å². The van der Waals surface area contributed by atoms with Gasteiger partial charge in [-0.1, -0.05) is 6.07 Å². The first-order valence-corrected chi connectivity index (χ1v) is 7.90. The first-order valence-electron chi connectivity index (χ1n) is 5.69. The number of nitriles is 1. The Bertz CT molecular complexity index is 948. The van der Waals surface area contributed by atoms with Crippen LogP contribution in [0.15, 0.2) is 38.0 Å². The number of aryl methyl sites for hydroxylation is 1. The zero-order valence-electron chi connectivity index (χ0n) is 10.7. The molecule has 0 fully saturated rings. The maximum Gasteiger partial charge on any atom is 0.265 e. The van der Waals surface area contributed by atoms with Gasteiger partial charge in [0.1, 0.15) is 27.9 Å². The average Bonchev–Trinajstić information content (AvgIpc) is 3.03. The number of rotatable bonds is 3. The van der Waals surface area contributed by atoms with Gasteiger partial charge in [-0.05, 0) is 12.1 Å². The Labute approximate surface area is 124 Å². The molecule has 0 saturated heterocycles. The topological polar surface area (TPSA) is 112 Å². The van der Waals surface area contributed by atoms with Crippen molar-refractivity contribution >= 4 is 38.6 Å². The Balaban J connectivity index is 2.05. The highest BCUT2D eigenvalue weighted by atomic mass is 32.2. The number of aromatic nitrogens is 2. The Morgan fingerprint density at radius 3 is 2.95 bits per heavy atom. The van der Waals surface area contributed by atoms with E-state index in [1.807, 2.05) is 6.07 Å². The zero-order valence-corrected chi connectivity index (χ0v) is 12.3. The van der Waals surface area contributed by atoms with E-state index in [2.05, 4.69) is 18.5 Å². The number of hydrogen-bond donors (Lipinski definition) is 1. The summed E-state index contributed by atoms with van der Waals surface area (Å²) in [6.07, 6.45) is 1.43. The highest BCUT2D eigenvalue weighted by Gasteiger charge is 2.24. The summed E-state index contributed by atoms with van der Waals surface area (Å²) in [5.74, 6) is -0.0137. The van der Waals surface area contributed by atoms with Gasteiger partial charge in [0.25, 0.3) is 10.0 Å². The van der Waals surface area contributed by atoms with Crippen LogP contribution in [0.1, 0.15) is 5.56 Å². The van der Waals surface area contributed by atoms with E-state index in [0.29, 0.717) is 11.4 Å². The molecule has 2 aromatic rings. The number of anilines is 1. The number of sulfonamides is 1. The lowest BCUT2D eigenvalue weighted by Crippen LogP contribution is -2.14. The van der Waals surface area contributed by atoms with Gasteiger partial charge < -0.3 is 0 Å². The minimum absolute atomic E-state index is 0.00305. The molecule has 0 saturated carbocycles. The Morgan fingerprint density at radius 1 is 1.38 bits per heavy atom. The summed E-state index contributed by atoms with van der Waals surface area (Å²) in [6, 6.07) is 6.58. The molecule has 10 heteroatoms. The van der Waals surface area contributed by atoms with E-state index in [9.17, 15) is 8.42 Å². The first kappa shape index (κ1) is 13.5. The van der Waals surface area contributed by atoms with Crippen molar-refractivity contribution in [1.82, 2.24) is 9.78 Å². The molecule has 21 heavy (non-hydrogen) atoms. The molecule has 106 valence electrons. The third-order valence-corrected chi connectivity index (χ3v) is 4.63. The van der Waals surface area contributed by atoms with Crippen molar-refractivity contribution in [3.63, 3.8) is 0 Å². The Morgan fingerprint density at radius 2 is 2.19 bits per heavy atom. The second kappa shape index (κ2) is 4.80. The second-order valence-electron chi connectivity index (χ2n) is 4.17. The predicted molar refractivity (Wildman–Crippen MR) is 76.7 cm³/mol. The number of nitrogens with zero attached hydrogens (tertiary/aromatic N) is 5. The van der Waals surface area contributed by atoms with Gasteiger partial charge in [0.15, 0.2) is 5.82 Å². The second-order valence-corrected chi connectivity index (χ2v) is 6.35. The van der Waals surface area contributed by atoms with Gasteiger partial charge >= 0.3 is 0 Å². The SMILES string of the molecule is Cn1cc(C#N)c(NS(=O)(=O)c2cccc3c2N=S=N3)n1. The first-order chi connectivity index (χ1) is 10.0. The molecule has 1 aromatic carbocycles. The molecular weight excluding hydrogens is 312 g/mol. The molecule has 0 aliphatic carbocycles. The highest BCUT2D eigenvalue weighted by Crippen LogP contribution is 2.37. The molecule has 0 atom stereocenters.